The fraction of sp³-hybridized carbons (Fsp3) is 1.00. The zero-order valence-corrected chi connectivity index (χ0v) is 12.4. The molecule has 1 aliphatic carbocycles. The largest absolute Gasteiger partial charge is 0.393 e. The summed E-state index contributed by atoms with van der Waals surface area (Å²) in [5.41, 5.74) is 0. The average molecular weight is 292 g/mol. The highest BCUT2D eigenvalue weighted by atomic mass is 19.4. The van der Waals surface area contributed by atoms with Gasteiger partial charge in [0.1, 0.15) is 0 Å². The molecule has 1 N–H and O–H groups in total. The summed E-state index contributed by atoms with van der Waals surface area (Å²) in [6.45, 7) is 4.99. The summed E-state index contributed by atoms with van der Waals surface area (Å²) in [4.78, 5) is 2.03. The first-order valence-electron chi connectivity index (χ1n) is 8.03. The Morgan fingerprint density at radius 3 is 2.65 bits per heavy atom. The second-order valence-electron chi connectivity index (χ2n) is 6.33. The standard InChI is InChI=1S/C15H27F3N2/c1-2-19-14-7-3-5-12(14)8-10-20-9-4-6-13(11-20)15(16,17)18/h12-14,19H,2-11H2,1H3. The predicted octanol–water partition coefficient (Wildman–Crippen LogP) is 3.43. The number of rotatable bonds is 5. The highest BCUT2D eigenvalue weighted by Gasteiger charge is 2.41. The molecule has 1 aliphatic heterocycles. The molecule has 2 fully saturated rings. The first-order valence-corrected chi connectivity index (χ1v) is 8.03. The minimum absolute atomic E-state index is 0.210. The molecule has 3 unspecified atom stereocenters. The molecular weight excluding hydrogens is 265 g/mol. The van der Waals surface area contributed by atoms with E-state index in [4.69, 9.17) is 0 Å². The molecule has 118 valence electrons. The summed E-state index contributed by atoms with van der Waals surface area (Å²) in [6, 6.07) is 0.586. The van der Waals surface area contributed by atoms with E-state index in [1.165, 1.54) is 19.3 Å². The van der Waals surface area contributed by atoms with Gasteiger partial charge < -0.3 is 10.2 Å². The van der Waals surface area contributed by atoms with Crippen molar-refractivity contribution >= 4 is 0 Å². The second-order valence-corrected chi connectivity index (χ2v) is 6.33. The van der Waals surface area contributed by atoms with Crippen LogP contribution in [0.2, 0.25) is 0 Å². The number of alkyl halides is 3. The summed E-state index contributed by atoms with van der Waals surface area (Å²) < 4.78 is 38.3. The quantitative estimate of drug-likeness (QED) is 0.835. The van der Waals surface area contributed by atoms with Gasteiger partial charge in [0.15, 0.2) is 0 Å². The number of piperidine rings is 1. The van der Waals surface area contributed by atoms with Crippen LogP contribution in [0, 0.1) is 11.8 Å². The first-order chi connectivity index (χ1) is 9.50. The van der Waals surface area contributed by atoms with Crippen molar-refractivity contribution in [2.24, 2.45) is 11.8 Å². The van der Waals surface area contributed by atoms with Gasteiger partial charge in [-0.3, -0.25) is 0 Å². The SMILES string of the molecule is CCNC1CCCC1CCN1CCCC(C(F)(F)F)C1. The van der Waals surface area contributed by atoms with Gasteiger partial charge in [-0.05, 0) is 57.7 Å². The van der Waals surface area contributed by atoms with E-state index in [1.54, 1.807) is 0 Å². The fourth-order valence-electron chi connectivity index (χ4n) is 3.79. The van der Waals surface area contributed by atoms with E-state index in [-0.39, 0.29) is 6.54 Å². The maximum atomic E-state index is 12.8. The molecule has 5 heteroatoms. The van der Waals surface area contributed by atoms with E-state index >= 15 is 0 Å². The zero-order chi connectivity index (χ0) is 14.6. The third kappa shape index (κ3) is 4.35. The molecule has 20 heavy (non-hydrogen) atoms. The zero-order valence-electron chi connectivity index (χ0n) is 12.4. The van der Waals surface area contributed by atoms with Crippen LogP contribution in [0.4, 0.5) is 13.2 Å². The van der Waals surface area contributed by atoms with E-state index in [2.05, 4.69) is 12.2 Å². The molecular formula is C15H27F3N2. The van der Waals surface area contributed by atoms with Gasteiger partial charge >= 0.3 is 6.18 Å². The monoisotopic (exact) mass is 292 g/mol. The van der Waals surface area contributed by atoms with Crippen LogP contribution in [0.15, 0.2) is 0 Å². The maximum absolute atomic E-state index is 12.8. The molecule has 1 saturated heterocycles. The van der Waals surface area contributed by atoms with Gasteiger partial charge in [0.2, 0.25) is 0 Å². The molecule has 0 aromatic carbocycles. The Hall–Kier alpha value is -0.290. The predicted molar refractivity (Wildman–Crippen MR) is 74.6 cm³/mol. The van der Waals surface area contributed by atoms with E-state index in [1.807, 2.05) is 4.90 Å². The number of hydrogen-bond donors (Lipinski definition) is 1. The molecule has 0 amide bonds. The first kappa shape index (κ1) is 16.1. The topological polar surface area (TPSA) is 15.3 Å². The summed E-state index contributed by atoms with van der Waals surface area (Å²) in [5, 5.41) is 3.52. The van der Waals surface area contributed by atoms with Gasteiger partial charge in [0.05, 0.1) is 5.92 Å². The Kier molecular flexibility index (Phi) is 5.73. The summed E-state index contributed by atoms with van der Waals surface area (Å²) >= 11 is 0. The van der Waals surface area contributed by atoms with Crippen LogP contribution >= 0.6 is 0 Å². The third-order valence-electron chi connectivity index (χ3n) is 4.91. The third-order valence-corrected chi connectivity index (χ3v) is 4.91. The van der Waals surface area contributed by atoms with Crippen LogP contribution in [0.5, 0.6) is 0 Å². The smallest absolute Gasteiger partial charge is 0.314 e. The molecule has 2 rings (SSSR count). The van der Waals surface area contributed by atoms with E-state index in [9.17, 15) is 13.2 Å². The van der Waals surface area contributed by atoms with Gasteiger partial charge in [0, 0.05) is 12.6 Å². The molecule has 0 radical (unpaired) electrons. The van der Waals surface area contributed by atoms with Crippen molar-refractivity contribution in [3.05, 3.63) is 0 Å². The fourth-order valence-corrected chi connectivity index (χ4v) is 3.79. The van der Waals surface area contributed by atoms with Gasteiger partial charge in [-0.1, -0.05) is 13.3 Å². The van der Waals surface area contributed by atoms with Crippen molar-refractivity contribution in [1.82, 2.24) is 10.2 Å². The lowest BCUT2D eigenvalue weighted by Gasteiger charge is -2.34. The van der Waals surface area contributed by atoms with Crippen molar-refractivity contribution in [3.8, 4) is 0 Å². The molecule has 2 nitrogen and oxygen atoms in total. The minimum atomic E-state index is -4.02. The molecule has 2 aliphatic rings. The van der Waals surface area contributed by atoms with Crippen LogP contribution in [-0.2, 0) is 0 Å². The van der Waals surface area contributed by atoms with E-state index in [0.717, 1.165) is 26.1 Å². The average Bonchev–Trinajstić information content (AvgIpc) is 2.84. The lowest BCUT2D eigenvalue weighted by atomic mass is 9.95. The minimum Gasteiger partial charge on any atom is -0.314 e. The highest BCUT2D eigenvalue weighted by Crippen LogP contribution is 2.34. The van der Waals surface area contributed by atoms with Crippen molar-refractivity contribution < 1.29 is 13.2 Å². The van der Waals surface area contributed by atoms with Gasteiger partial charge in [0.25, 0.3) is 0 Å². The number of nitrogens with one attached hydrogen (secondary N) is 1. The molecule has 3 atom stereocenters. The van der Waals surface area contributed by atoms with Crippen LogP contribution in [0.1, 0.15) is 45.4 Å². The normalized spacial score (nSPS) is 32.7. The maximum Gasteiger partial charge on any atom is 0.393 e. The number of likely N-dealkylation sites (tertiary alicyclic amines) is 1. The van der Waals surface area contributed by atoms with Crippen molar-refractivity contribution in [1.29, 1.82) is 0 Å². The molecule has 0 aromatic heterocycles. The van der Waals surface area contributed by atoms with Crippen LogP contribution in [0.25, 0.3) is 0 Å². The molecule has 1 saturated carbocycles. The Morgan fingerprint density at radius 1 is 1.15 bits per heavy atom. The molecule has 0 aromatic rings. The van der Waals surface area contributed by atoms with Crippen molar-refractivity contribution in [2.45, 2.75) is 57.7 Å². The van der Waals surface area contributed by atoms with Crippen LogP contribution in [0.3, 0.4) is 0 Å². The lowest BCUT2D eigenvalue weighted by Crippen LogP contribution is -2.43. The van der Waals surface area contributed by atoms with Crippen LogP contribution in [-0.4, -0.2) is 43.3 Å². The highest BCUT2D eigenvalue weighted by molar-refractivity contribution is 4.85. The van der Waals surface area contributed by atoms with Gasteiger partial charge in [-0.15, -0.1) is 0 Å². The Labute approximate surface area is 120 Å². The molecule has 0 bridgehead atoms. The Bertz CT molecular complexity index is 293. The van der Waals surface area contributed by atoms with Crippen LogP contribution < -0.4 is 5.32 Å². The lowest BCUT2D eigenvalue weighted by molar-refractivity contribution is -0.186. The van der Waals surface area contributed by atoms with Gasteiger partial charge in [-0.25, -0.2) is 0 Å². The number of halogens is 3. The van der Waals surface area contributed by atoms with Crippen molar-refractivity contribution in [3.63, 3.8) is 0 Å². The number of nitrogens with zero attached hydrogens (tertiary/aromatic N) is 1. The van der Waals surface area contributed by atoms with E-state index < -0.39 is 12.1 Å². The summed E-state index contributed by atoms with van der Waals surface area (Å²) in [5.74, 6) is -0.453. The van der Waals surface area contributed by atoms with E-state index in [0.29, 0.717) is 24.8 Å². The molecule has 1 heterocycles. The molecule has 0 spiro atoms. The number of hydrogen-bond acceptors (Lipinski definition) is 2. The summed E-state index contributed by atoms with van der Waals surface area (Å²) in [7, 11) is 0. The Balaban J connectivity index is 1.76. The van der Waals surface area contributed by atoms with Crippen molar-refractivity contribution in [2.75, 3.05) is 26.2 Å². The summed E-state index contributed by atoms with van der Waals surface area (Å²) in [6.07, 6.45) is 1.74. The second kappa shape index (κ2) is 7.12. The van der Waals surface area contributed by atoms with Gasteiger partial charge in [-0.2, -0.15) is 13.2 Å². The Morgan fingerprint density at radius 2 is 1.95 bits per heavy atom.